The van der Waals surface area contributed by atoms with Crippen LogP contribution in [0.25, 0.3) is 22.4 Å². The van der Waals surface area contributed by atoms with Gasteiger partial charge in [0.25, 0.3) is 5.89 Å². The van der Waals surface area contributed by atoms with Crippen LogP contribution in [-0.2, 0) is 16.1 Å². The van der Waals surface area contributed by atoms with E-state index in [1.54, 1.807) is 11.1 Å². The number of H-pyrrole nitrogens is 1. The van der Waals surface area contributed by atoms with Crippen LogP contribution in [0.3, 0.4) is 0 Å². The van der Waals surface area contributed by atoms with Crippen molar-refractivity contribution in [2.45, 2.75) is 51.9 Å². The summed E-state index contributed by atoms with van der Waals surface area (Å²) in [5.74, 6) is 0.952. The summed E-state index contributed by atoms with van der Waals surface area (Å²) in [6.07, 6.45) is 3.04. The van der Waals surface area contributed by atoms with Crippen molar-refractivity contribution in [3.63, 3.8) is 0 Å². The molecule has 0 aliphatic carbocycles. The van der Waals surface area contributed by atoms with E-state index in [0.717, 1.165) is 29.3 Å². The smallest absolute Gasteiger partial charge is 0.410 e. The van der Waals surface area contributed by atoms with E-state index in [-0.39, 0.29) is 18.8 Å². The largest absolute Gasteiger partial charge is 0.444 e. The van der Waals surface area contributed by atoms with E-state index in [0.29, 0.717) is 24.8 Å². The quantitative estimate of drug-likeness (QED) is 0.715. The van der Waals surface area contributed by atoms with Gasteiger partial charge in [-0.15, -0.1) is 0 Å². The monoisotopic (exact) mass is 399 g/mol. The highest BCUT2D eigenvalue weighted by molar-refractivity contribution is 5.82. The number of hydrogen-bond donors (Lipinski definition) is 1. The van der Waals surface area contributed by atoms with Gasteiger partial charge in [-0.05, 0) is 51.8 Å². The third-order valence-corrected chi connectivity index (χ3v) is 4.70. The first-order valence-electron chi connectivity index (χ1n) is 9.73. The first kappa shape index (κ1) is 19.4. The third kappa shape index (κ3) is 4.73. The zero-order valence-electron chi connectivity index (χ0n) is 16.8. The zero-order valence-corrected chi connectivity index (χ0v) is 16.8. The van der Waals surface area contributed by atoms with Gasteiger partial charge in [0, 0.05) is 24.0 Å². The van der Waals surface area contributed by atoms with Crippen molar-refractivity contribution in [2.75, 3.05) is 13.1 Å². The predicted molar refractivity (Wildman–Crippen MR) is 105 cm³/mol. The maximum atomic E-state index is 12.1. The van der Waals surface area contributed by atoms with E-state index in [1.165, 1.54) is 0 Å². The van der Waals surface area contributed by atoms with E-state index in [9.17, 15) is 4.79 Å². The highest BCUT2D eigenvalue weighted by atomic mass is 16.6. The molecule has 1 N–H and O–H groups in total. The summed E-state index contributed by atoms with van der Waals surface area (Å²) < 4.78 is 16.7. The SMILES string of the molecule is CC(C)(C)OC(=O)N1CCC(OCc2noc(-c3ccc4[nH]ncc4c3)n2)CC1. The average molecular weight is 399 g/mol. The molecule has 0 unspecified atom stereocenters. The molecule has 1 fully saturated rings. The lowest BCUT2D eigenvalue weighted by Gasteiger charge is -2.33. The second-order valence-corrected chi connectivity index (χ2v) is 8.17. The summed E-state index contributed by atoms with van der Waals surface area (Å²) in [6, 6.07) is 5.78. The molecule has 0 bridgehead atoms. The van der Waals surface area contributed by atoms with Gasteiger partial charge in [0.1, 0.15) is 12.2 Å². The maximum absolute atomic E-state index is 12.1. The molecule has 9 heteroatoms. The molecule has 0 spiro atoms. The minimum absolute atomic E-state index is 0.0536. The summed E-state index contributed by atoms with van der Waals surface area (Å²) >= 11 is 0. The van der Waals surface area contributed by atoms with Crippen LogP contribution >= 0.6 is 0 Å². The van der Waals surface area contributed by atoms with Crippen LogP contribution < -0.4 is 0 Å². The molecule has 154 valence electrons. The number of ether oxygens (including phenoxy) is 2. The van der Waals surface area contributed by atoms with Gasteiger partial charge < -0.3 is 18.9 Å². The van der Waals surface area contributed by atoms with E-state index >= 15 is 0 Å². The minimum atomic E-state index is -0.483. The van der Waals surface area contributed by atoms with Crippen LogP contribution in [-0.4, -0.2) is 56.1 Å². The molecule has 4 rings (SSSR count). The summed E-state index contributed by atoms with van der Waals surface area (Å²) in [5.41, 5.74) is 1.31. The number of aromatic nitrogens is 4. The predicted octanol–water partition coefficient (Wildman–Crippen LogP) is 3.53. The van der Waals surface area contributed by atoms with Gasteiger partial charge in [-0.25, -0.2) is 4.79 Å². The molecule has 9 nitrogen and oxygen atoms in total. The van der Waals surface area contributed by atoms with E-state index in [2.05, 4.69) is 20.3 Å². The lowest BCUT2D eigenvalue weighted by molar-refractivity contribution is -0.0190. The normalized spacial score (nSPS) is 15.8. The summed E-state index contributed by atoms with van der Waals surface area (Å²) in [6.45, 7) is 7.10. The second-order valence-electron chi connectivity index (χ2n) is 8.17. The summed E-state index contributed by atoms with van der Waals surface area (Å²) in [4.78, 5) is 18.3. The molecule has 0 saturated carbocycles. The summed E-state index contributed by atoms with van der Waals surface area (Å²) in [5, 5.41) is 11.9. The lowest BCUT2D eigenvalue weighted by Crippen LogP contribution is -2.43. The maximum Gasteiger partial charge on any atom is 0.410 e. The van der Waals surface area contributed by atoms with Crippen molar-refractivity contribution in [1.29, 1.82) is 0 Å². The number of benzene rings is 1. The number of carbonyl (C=O) groups is 1. The molecule has 3 aromatic rings. The molecular weight excluding hydrogens is 374 g/mol. The van der Waals surface area contributed by atoms with Gasteiger partial charge in [-0.2, -0.15) is 10.1 Å². The number of nitrogens with zero attached hydrogens (tertiary/aromatic N) is 4. The Labute approximate surface area is 168 Å². The Morgan fingerprint density at radius 3 is 2.86 bits per heavy atom. The molecule has 1 saturated heterocycles. The van der Waals surface area contributed by atoms with Gasteiger partial charge in [0.15, 0.2) is 5.82 Å². The Balaban J connectivity index is 1.28. The molecule has 2 aromatic heterocycles. The number of likely N-dealkylation sites (tertiary alicyclic amines) is 1. The van der Waals surface area contributed by atoms with Crippen LogP contribution in [0.1, 0.15) is 39.4 Å². The van der Waals surface area contributed by atoms with Gasteiger partial charge in [0.05, 0.1) is 17.8 Å². The van der Waals surface area contributed by atoms with Crippen molar-refractivity contribution in [1.82, 2.24) is 25.2 Å². The van der Waals surface area contributed by atoms with Gasteiger partial charge >= 0.3 is 6.09 Å². The van der Waals surface area contributed by atoms with Crippen molar-refractivity contribution in [3.8, 4) is 11.5 Å². The van der Waals surface area contributed by atoms with Crippen LogP contribution in [0.2, 0.25) is 0 Å². The van der Waals surface area contributed by atoms with Crippen LogP contribution in [0.5, 0.6) is 0 Å². The van der Waals surface area contributed by atoms with Gasteiger partial charge in [-0.1, -0.05) is 5.16 Å². The molecule has 1 aliphatic rings. The Bertz CT molecular complexity index is 982. The molecular formula is C20H25N5O4. The standard InChI is InChI=1S/C20H25N5O4/c1-20(2,3)28-19(26)25-8-6-15(7-9-25)27-12-17-22-18(29-24-17)13-4-5-16-14(10-13)11-21-23-16/h4-5,10-11,15H,6-9,12H2,1-3H3,(H,21,23). The van der Waals surface area contributed by atoms with Crippen LogP contribution in [0, 0.1) is 0 Å². The molecule has 1 amide bonds. The molecule has 0 atom stereocenters. The van der Waals surface area contributed by atoms with Crippen molar-refractivity contribution in [2.24, 2.45) is 0 Å². The number of hydrogen-bond acceptors (Lipinski definition) is 7. The highest BCUT2D eigenvalue weighted by Crippen LogP contribution is 2.23. The van der Waals surface area contributed by atoms with Crippen LogP contribution in [0.4, 0.5) is 4.79 Å². The highest BCUT2D eigenvalue weighted by Gasteiger charge is 2.27. The molecule has 0 radical (unpaired) electrons. The second kappa shape index (κ2) is 7.82. The Kier molecular flexibility index (Phi) is 5.23. The topological polar surface area (TPSA) is 106 Å². The first-order chi connectivity index (χ1) is 13.9. The van der Waals surface area contributed by atoms with E-state index in [4.69, 9.17) is 14.0 Å². The number of amides is 1. The fraction of sp³-hybridized carbons (Fsp3) is 0.500. The molecule has 3 heterocycles. The lowest BCUT2D eigenvalue weighted by atomic mass is 10.1. The van der Waals surface area contributed by atoms with Crippen molar-refractivity contribution in [3.05, 3.63) is 30.2 Å². The Morgan fingerprint density at radius 1 is 1.31 bits per heavy atom. The summed E-state index contributed by atoms with van der Waals surface area (Å²) in [7, 11) is 0. The minimum Gasteiger partial charge on any atom is -0.444 e. The number of aromatic amines is 1. The van der Waals surface area contributed by atoms with Crippen molar-refractivity contribution >= 4 is 17.0 Å². The average Bonchev–Trinajstić information content (AvgIpc) is 3.34. The van der Waals surface area contributed by atoms with Gasteiger partial charge in [-0.3, -0.25) is 5.10 Å². The van der Waals surface area contributed by atoms with Crippen LogP contribution in [0.15, 0.2) is 28.9 Å². The van der Waals surface area contributed by atoms with Crippen molar-refractivity contribution < 1.29 is 18.8 Å². The number of piperidine rings is 1. The van der Waals surface area contributed by atoms with E-state index in [1.807, 2.05) is 39.0 Å². The molecule has 29 heavy (non-hydrogen) atoms. The zero-order chi connectivity index (χ0) is 20.4. The number of fused-ring (bicyclic) bond motifs is 1. The molecule has 1 aromatic carbocycles. The number of nitrogens with one attached hydrogen (secondary N) is 1. The number of carbonyl (C=O) groups excluding carboxylic acids is 1. The first-order valence-corrected chi connectivity index (χ1v) is 9.73. The fourth-order valence-electron chi connectivity index (χ4n) is 3.23. The Morgan fingerprint density at radius 2 is 2.10 bits per heavy atom. The third-order valence-electron chi connectivity index (χ3n) is 4.70. The Hall–Kier alpha value is -2.94. The molecule has 1 aliphatic heterocycles. The number of rotatable bonds is 4. The fourth-order valence-corrected chi connectivity index (χ4v) is 3.23. The van der Waals surface area contributed by atoms with Gasteiger partial charge in [0.2, 0.25) is 0 Å². The van der Waals surface area contributed by atoms with E-state index < -0.39 is 5.60 Å².